The van der Waals surface area contributed by atoms with Crippen molar-refractivity contribution in [3.05, 3.63) is 148 Å². The molecule has 0 saturated carbocycles. The highest BCUT2D eigenvalue weighted by Gasteiger charge is 2.62. The number of hydrogen-bond donors (Lipinski definition) is 18. The smallest absolute Gasteiger partial charge is 0.250 e. The molecule has 0 aromatic carbocycles. The number of amides is 3. The Morgan fingerprint density at radius 1 is 0.395 bits per heavy atom. The number of halogens is 10. The van der Waals surface area contributed by atoms with Gasteiger partial charge in [-0.1, -0.05) is 39.5 Å². The quantitative estimate of drug-likeness (QED) is 0.0682. The molecule has 0 radical (unpaired) electrons. The minimum Gasteiger partial charge on any atom is -0.393 e. The number of carbonyl (C=O) groups excluding carboxylic acids is 3. The Kier molecular flexibility index (Phi) is 32.2. The van der Waals surface area contributed by atoms with Crippen molar-refractivity contribution in [2.45, 2.75) is 140 Å². The van der Waals surface area contributed by atoms with E-state index in [4.69, 9.17) is 149 Å². The number of hydrogen-bond acceptors (Lipinski definition) is 35. The van der Waals surface area contributed by atoms with E-state index in [1.54, 1.807) is 35.5 Å². The van der Waals surface area contributed by atoms with Crippen molar-refractivity contribution < 1.29 is 113 Å². The SMILES string of the molecule is C=C1N=C(N)C=CN1[C@@H]1O[C@@](CO)(CCl)[C@@H](O)[C@H]1Cl.C=C1N=C(N)C=CN1[C@@H]1O[C@@](CO)(CF)[C@@H](O)[C@H]1Cl.C=C1N=C(N)C=CN1[C@@H]1O[C@](C#N)(CO)[C@@H](O)[C@H]1Cl.C=C1NC(=O)C=CN1[C@@H]1O[C@@](CO)(CCl)[C@@H](O)[C@H]1Cl.C=C1NC(=O)C=CN1[C@@H]1O[C@@](CO)(CF)[C@@H](O)[C@H]1Cl.C=C1NC(=O)C=CN1[C@@H]1O[C@](C#N)(CO)[C@@H](O)[C@H]1Cl. The molecule has 21 N–H and O–H groups in total. The number of nitrogens with one attached hydrogen (secondary N) is 3. The summed E-state index contributed by atoms with van der Waals surface area (Å²) < 4.78 is 59.0. The van der Waals surface area contributed by atoms with E-state index in [9.17, 15) is 84.4 Å². The number of aliphatic hydroxyl groups excluding tert-OH is 12. The number of aliphatic hydroxyl groups is 12. The predicted octanol–water partition coefficient (Wildman–Crippen LogP) is -3.06. The first-order valence-corrected chi connectivity index (χ1v) is 37.0. The zero-order valence-corrected chi connectivity index (χ0v) is 65.7. The van der Waals surface area contributed by atoms with Crippen LogP contribution in [0.25, 0.3) is 0 Å². The van der Waals surface area contributed by atoms with Crippen LogP contribution in [0.4, 0.5) is 8.78 Å². The van der Waals surface area contributed by atoms with Crippen LogP contribution in [0.1, 0.15) is 0 Å². The number of carbonyl (C=O) groups is 3. The summed E-state index contributed by atoms with van der Waals surface area (Å²) in [7, 11) is 0. The van der Waals surface area contributed by atoms with E-state index in [1.807, 2.05) is 0 Å². The molecular weight excluding hydrogens is 1690 g/mol. The van der Waals surface area contributed by atoms with Crippen LogP contribution in [-0.2, 0) is 42.8 Å². The van der Waals surface area contributed by atoms with Gasteiger partial charge in [0.2, 0.25) is 11.2 Å². The largest absolute Gasteiger partial charge is 0.393 e. The first-order chi connectivity index (χ1) is 53.7. The van der Waals surface area contributed by atoms with E-state index in [1.165, 1.54) is 79.7 Å². The van der Waals surface area contributed by atoms with Crippen LogP contribution < -0.4 is 33.2 Å². The summed E-state index contributed by atoms with van der Waals surface area (Å²) in [6.45, 7) is 16.2. The second kappa shape index (κ2) is 39.0. The Hall–Kier alpha value is -7.06. The third-order valence-electron chi connectivity index (χ3n) is 18.9. The Labute approximate surface area is 689 Å². The molecule has 12 aliphatic rings. The minimum absolute atomic E-state index is 0.0835. The molecule has 12 rings (SSSR count). The summed E-state index contributed by atoms with van der Waals surface area (Å²) in [4.78, 5) is 53.9. The lowest BCUT2D eigenvalue weighted by molar-refractivity contribution is -0.144. The van der Waals surface area contributed by atoms with Crippen molar-refractivity contribution >= 4 is 128 Å². The molecule has 48 heteroatoms. The van der Waals surface area contributed by atoms with Gasteiger partial charge in [0.15, 0.2) is 37.4 Å². The predicted molar refractivity (Wildman–Crippen MR) is 407 cm³/mol. The van der Waals surface area contributed by atoms with E-state index >= 15 is 0 Å². The second-order valence-corrected chi connectivity index (χ2v) is 29.7. The fourth-order valence-electron chi connectivity index (χ4n) is 12.1. The van der Waals surface area contributed by atoms with E-state index < -0.39 is 193 Å². The highest BCUT2D eigenvalue weighted by atomic mass is 35.5. The molecule has 3 amide bonds. The molecule has 0 aliphatic carbocycles. The Balaban J connectivity index is 0.000000189. The Morgan fingerprint density at radius 2 is 0.614 bits per heavy atom. The second-order valence-electron chi connectivity index (χ2n) is 26.1. The Morgan fingerprint density at radius 3 is 0.807 bits per heavy atom. The highest BCUT2D eigenvalue weighted by Crippen LogP contribution is 2.44. The maximum atomic E-state index is 13.1. The van der Waals surface area contributed by atoms with Crippen LogP contribution in [0.3, 0.4) is 0 Å². The van der Waals surface area contributed by atoms with Crippen molar-refractivity contribution in [3.63, 3.8) is 0 Å². The first kappa shape index (κ1) is 94.1. The third-order valence-corrected chi connectivity index (χ3v) is 22.5. The van der Waals surface area contributed by atoms with Gasteiger partial charge in [-0.25, -0.2) is 23.8 Å². The number of ether oxygens (including phenoxy) is 6. The number of alkyl halides is 10. The summed E-state index contributed by atoms with van der Waals surface area (Å²) >= 11 is 48.0. The van der Waals surface area contributed by atoms with Gasteiger partial charge < -0.3 is 152 Å². The average molecular weight is 1770 g/mol. The molecule has 12 aliphatic heterocycles. The zero-order chi connectivity index (χ0) is 85.2. The van der Waals surface area contributed by atoms with Crippen molar-refractivity contribution in [3.8, 4) is 12.1 Å². The molecule has 6 fully saturated rings. The van der Waals surface area contributed by atoms with Gasteiger partial charge in [-0.2, -0.15) is 10.5 Å². The molecule has 12 heterocycles. The van der Waals surface area contributed by atoms with Crippen molar-refractivity contribution in [2.24, 2.45) is 32.2 Å². The zero-order valence-electron chi connectivity index (χ0n) is 59.6. The first-order valence-electron chi connectivity index (χ1n) is 33.3. The average Bonchev–Trinajstić information content (AvgIpc) is 1.65. The van der Waals surface area contributed by atoms with Crippen LogP contribution in [0, 0.1) is 22.7 Å². The summed E-state index contributed by atoms with van der Waals surface area (Å²) in [6.07, 6.45) is 4.41. The van der Waals surface area contributed by atoms with E-state index in [2.05, 4.69) is 70.4 Å². The molecule has 0 spiro atoms. The number of nitriles is 2. The molecule has 0 aromatic heterocycles. The summed E-state index contributed by atoms with van der Waals surface area (Å²) in [5.41, 5.74) is 6.93. The maximum Gasteiger partial charge on any atom is 0.250 e. The normalized spacial score (nSPS) is 38.6. The van der Waals surface area contributed by atoms with Gasteiger partial charge in [-0.3, -0.25) is 14.4 Å². The lowest BCUT2D eigenvalue weighted by Gasteiger charge is -2.33. The van der Waals surface area contributed by atoms with E-state index in [0.29, 0.717) is 11.7 Å². The van der Waals surface area contributed by atoms with Gasteiger partial charge in [0.1, 0.15) is 169 Å². The van der Waals surface area contributed by atoms with E-state index in [0.717, 1.165) is 0 Å². The molecule has 24 atom stereocenters. The number of amidine groups is 3. The molecular formula is C66H83Cl8F2N17O21. The van der Waals surface area contributed by atoms with Crippen LogP contribution in [0.2, 0.25) is 0 Å². The van der Waals surface area contributed by atoms with Gasteiger partial charge in [-0.05, 0) is 18.2 Å². The lowest BCUT2D eigenvalue weighted by Crippen LogP contribution is -2.47. The molecule has 38 nitrogen and oxygen atoms in total. The van der Waals surface area contributed by atoms with Crippen molar-refractivity contribution in [1.82, 2.24) is 45.3 Å². The highest BCUT2D eigenvalue weighted by molar-refractivity contribution is 6.24. The molecule has 0 aromatic rings. The number of aliphatic imine (C=N–C) groups is 3. The van der Waals surface area contributed by atoms with Gasteiger partial charge >= 0.3 is 0 Å². The number of nitrogens with two attached hydrogens (primary N) is 3. The summed E-state index contributed by atoms with van der Waals surface area (Å²) in [5, 5.41) is 136. The molecule has 0 unspecified atom stereocenters. The standard InChI is InChI=1S/C11H15Cl2N3O3.C11H14Cl2N2O4.C11H15ClFN3O3.C11H14ClFN2O4.C11H13ClN4O3.C11H12ClN3O4/c1-6-15-7(14)2-3-16(6)10-8(13)9(18)11(4-12,5-17)19-10;1-6-14-7(17)2-3-15(6)10-8(13)9(18)11(4-12,5-16)19-10;1-6-15-7(14)2-3-16(6)10-8(12)9(18)11(4-13,5-17)19-10;1-6-14-7(17)2-3-15(6)10-8(12)9(18)11(4-13,5-16)19-10;1-6-15-7(14)2-3-16(6)10-8(12)9(18)11(4-13,5-17)19-10;1-6-14-7(17)2-3-15(6)10-8(12)9(18)11(4-13,5-16)19-10/h2-3,8-10,17-18H,1,4-5H2,(H2,14,15);2-3,8-10,16,18H,1,4-5H2,(H,14,17);2-3,8-10,17-18H,1,4-5H2,(H2,14,15);2-3,8-10,16,18H,1,4-5H2,(H,14,17);2-3,8-10,17-18H,1,5H2,(H2,14,15);2-3,8-10,16,18H,1,5H2,(H,14,17)/t6*8-,9+,10-,11-/m111111/s1. The maximum absolute atomic E-state index is 13.1. The molecule has 6 saturated heterocycles. The summed E-state index contributed by atoms with van der Waals surface area (Å²) in [6, 6.07) is 3.48. The number of nitrogens with zero attached hydrogens (tertiary/aromatic N) is 11. The van der Waals surface area contributed by atoms with Gasteiger partial charge in [0.25, 0.3) is 17.7 Å². The van der Waals surface area contributed by atoms with Crippen LogP contribution in [0.5, 0.6) is 0 Å². The Bertz CT molecular complexity index is 3830. The minimum atomic E-state index is -1.79. The fourth-order valence-corrected chi connectivity index (χ4v) is 15.0. The van der Waals surface area contributed by atoms with Crippen LogP contribution in [-0.4, -0.2) is 331 Å². The van der Waals surface area contributed by atoms with Crippen LogP contribution in [0.15, 0.2) is 163 Å². The molecule has 0 bridgehead atoms. The van der Waals surface area contributed by atoms with Crippen molar-refractivity contribution in [1.29, 1.82) is 10.5 Å². The number of rotatable bonds is 16. The summed E-state index contributed by atoms with van der Waals surface area (Å²) in [5.74, 6) is 1.21. The van der Waals surface area contributed by atoms with Gasteiger partial charge in [-0.15, -0.1) is 92.8 Å². The van der Waals surface area contributed by atoms with E-state index in [-0.39, 0.29) is 70.3 Å². The lowest BCUT2D eigenvalue weighted by atomic mass is 9.99. The van der Waals surface area contributed by atoms with Crippen molar-refractivity contribution in [2.75, 3.05) is 64.8 Å². The monoisotopic (exact) mass is 1770 g/mol. The molecule has 628 valence electrons. The fraction of sp³-hybridized carbons (Fsp3) is 0.515. The van der Waals surface area contributed by atoms with Gasteiger partial charge in [0, 0.05) is 55.4 Å². The van der Waals surface area contributed by atoms with Gasteiger partial charge in [0.05, 0.1) is 51.4 Å². The van der Waals surface area contributed by atoms with Crippen LogP contribution >= 0.6 is 92.8 Å². The topological polar surface area (TPSA) is 568 Å². The molecule has 114 heavy (non-hydrogen) atoms. The third kappa shape index (κ3) is 18.9.